The monoisotopic (exact) mass is 258 g/mol. The summed E-state index contributed by atoms with van der Waals surface area (Å²) in [5.41, 5.74) is -0.265. The predicted molar refractivity (Wildman–Crippen MR) is 66.8 cm³/mol. The minimum Gasteiger partial charge on any atom is -0.494 e. The molecule has 17 heavy (non-hydrogen) atoms. The number of halogens is 2. The van der Waals surface area contributed by atoms with E-state index in [1.54, 1.807) is 13.8 Å². The summed E-state index contributed by atoms with van der Waals surface area (Å²) in [6, 6.07) is 0.990. The molecule has 1 aromatic rings. The highest BCUT2D eigenvalue weighted by molar-refractivity contribution is 7.80. The van der Waals surface area contributed by atoms with Crippen LogP contribution >= 0.6 is 12.2 Å². The Hall–Kier alpha value is -1.43. The van der Waals surface area contributed by atoms with Gasteiger partial charge in [0.1, 0.15) is 22.1 Å². The van der Waals surface area contributed by atoms with Gasteiger partial charge in [0.05, 0.1) is 12.6 Å². The fraction of sp³-hybridized carbons (Fsp3) is 0.364. The second-order valence-electron chi connectivity index (χ2n) is 4.33. The third kappa shape index (κ3) is 1.82. The van der Waals surface area contributed by atoms with E-state index < -0.39 is 17.2 Å². The summed E-state index contributed by atoms with van der Waals surface area (Å²) in [6.07, 6.45) is 0. The van der Waals surface area contributed by atoms with E-state index in [9.17, 15) is 8.78 Å². The van der Waals surface area contributed by atoms with Crippen LogP contribution in [0, 0.1) is 11.6 Å². The standard InChI is InChI=1S/C11H12F2N2OS/c1-11(2)10(17)14-8-6(16-3)4-5(12)7(13)9(8)15-11/h4,15H,1-3H3,(H,14,17). The summed E-state index contributed by atoms with van der Waals surface area (Å²) in [5, 5.41) is 5.75. The quantitative estimate of drug-likeness (QED) is 0.759. The third-order valence-electron chi connectivity index (χ3n) is 2.65. The van der Waals surface area contributed by atoms with Crippen molar-refractivity contribution in [3.8, 4) is 5.75 Å². The molecule has 2 rings (SSSR count). The number of anilines is 2. The molecular formula is C11H12F2N2OS. The van der Waals surface area contributed by atoms with Gasteiger partial charge in [-0.1, -0.05) is 12.2 Å². The normalized spacial score (nSPS) is 16.9. The van der Waals surface area contributed by atoms with Crippen molar-refractivity contribution in [3.05, 3.63) is 17.7 Å². The third-order valence-corrected chi connectivity index (χ3v) is 3.26. The first-order valence-corrected chi connectivity index (χ1v) is 5.43. The van der Waals surface area contributed by atoms with E-state index in [1.165, 1.54) is 7.11 Å². The molecule has 1 aliphatic heterocycles. The maximum atomic E-state index is 13.7. The number of hydrogen-bond acceptors (Lipinski definition) is 3. The Morgan fingerprint density at radius 3 is 2.53 bits per heavy atom. The molecule has 1 heterocycles. The summed E-state index contributed by atoms with van der Waals surface area (Å²) in [5.74, 6) is -1.69. The zero-order valence-corrected chi connectivity index (χ0v) is 10.5. The molecule has 92 valence electrons. The lowest BCUT2D eigenvalue weighted by atomic mass is 10.0. The Balaban J connectivity index is 2.64. The SMILES string of the molecule is COc1cc(F)c(F)c2c1NC(=S)C(C)(C)N2. The molecule has 0 atom stereocenters. The Labute approximate surface area is 103 Å². The number of methoxy groups -OCH3 is 1. The van der Waals surface area contributed by atoms with Crippen LogP contribution in [0.2, 0.25) is 0 Å². The van der Waals surface area contributed by atoms with Crippen molar-refractivity contribution in [1.29, 1.82) is 0 Å². The van der Waals surface area contributed by atoms with Crippen molar-refractivity contribution >= 4 is 28.6 Å². The molecule has 0 aliphatic carbocycles. The first-order valence-electron chi connectivity index (χ1n) is 5.02. The fourth-order valence-corrected chi connectivity index (χ4v) is 1.80. The molecule has 0 aromatic heterocycles. The van der Waals surface area contributed by atoms with Crippen LogP contribution in [0.15, 0.2) is 6.07 Å². The molecule has 1 aromatic carbocycles. The highest BCUT2D eigenvalue weighted by Crippen LogP contribution is 2.41. The number of fused-ring (bicyclic) bond motifs is 1. The summed E-state index contributed by atoms with van der Waals surface area (Å²) in [4.78, 5) is 0.495. The second-order valence-corrected chi connectivity index (χ2v) is 4.74. The lowest BCUT2D eigenvalue weighted by Gasteiger charge is -2.36. The van der Waals surface area contributed by atoms with Crippen LogP contribution in [-0.2, 0) is 0 Å². The van der Waals surface area contributed by atoms with Gasteiger partial charge in [0.2, 0.25) is 0 Å². The summed E-state index contributed by atoms with van der Waals surface area (Å²) >= 11 is 5.16. The van der Waals surface area contributed by atoms with Crippen LogP contribution in [0.5, 0.6) is 5.75 Å². The molecular weight excluding hydrogens is 246 g/mol. The van der Waals surface area contributed by atoms with Crippen molar-refractivity contribution < 1.29 is 13.5 Å². The fourth-order valence-electron chi connectivity index (χ4n) is 1.64. The zero-order chi connectivity index (χ0) is 12.8. The van der Waals surface area contributed by atoms with Gasteiger partial charge >= 0.3 is 0 Å². The van der Waals surface area contributed by atoms with Gasteiger partial charge in [0, 0.05) is 6.07 Å². The molecule has 0 saturated carbocycles. The van der Waals surface area contributed by atoms with Crippen LogP contribution in [0.3, 0.4) is 0 Å². The number of benzene rings is 1. The molecule has 0 spiro atoms. The van der Waals surface area contributed by atoms with E-state index in [1.807, 2.05) is 0 Å². The molecule has 0 fully saturated rings. The van der Waals surface area contributed by atoms with Gasteiger partial charge in [-0.05, 0) is 13.8 Å². The second kappa shape index (κ2) is 3.80. The molecule has 0 bridgehead atoms. The van der Waals surface area contributed by atoms with E-state index in [0.29, 0.717) is 10.7 Å². The van der Waals surface area contributed by atoms with Crippen LogP contribution in [0.1, 0.15) is 13.8 Å². The summed E-state index contributed by atoms with van der Waals surface area (Å²) in [6.45, 7) is 3.56. The molecule has 0 amide bonds. The first kappa shape index (κ1) is 12.0. The zero-order valence-electron chi connectivity index (χ0n) is 9.65. The van der Waals surface area contributed by atoms with Gasteiger partial charge in [-0.3, -0.25) is 0 Å². The number of hydrogen-bond donors (Lipinski definition) is 2. The van der Waals surface area contributed by atoms with Gasteiger partial charge in [0.25, 0.3) is 0 Å². The average Bonchev–Trinajstić information content (AvgIpc) is 2.26. The smallest absolute Gasteiger partial charge is 0.184 e. The van der Waals surface area contributed by atoms with Gasteiger partial charge in [-0.2, -0.15) is 0 Å². The Bertz CT molecular complexity index is 503. The highest BCUT2D eigenvalue weighted by Gasteiger charge is 2.34. The lowest BCUT2D eigenvalue weighted by molar-refractivity contribution is 0.408. The van der Waals surface area contributed by atoms with E-state index >= 15 is 0 Å². The number of rotatable bonds is 1. The van der Waals surface area contributed by atoms with Crippen molar-refractivity contribution in [1.82, 2.24) is 0 Å². The van der Waals surface area contributed by atoms with E-state index in [-0.39, 0.29) is 11.4 Å². The van der Waals surface area contributed by atoms with Crippen LogP contribution in [-0.4, -0.2) is 17.6 Å². The maximum Gasteiger partial charge on any atom is 0.184 e. The molecule has 0 saturated heterocycles. The minimum absolute atomic E-state index is 0.0421. The largest absolute Gasteiger partial charge is 0.494 e. The van der Waals surface area contributed by atoms with Gasteiger partial charge in [0.15, 0.2) is 11.6 Å². The molecule has 2 N–H and O–H groups in total. The number of ether oxygens (including phenoxy) is 1. The Morgan fingerprint density at radius 1 is 1.29 bits per heavy atom. The number of thiocarbonyl (C=S) groups is 1. The molecule has 1 aliphatic rings. The summed E-state index contributed by atoms with van der Waals surface area (Å²) < 4.78 is 32.0. The minimum atomic E-state index is -0.960. The predicted octanol–water partition coefficient (Wildman–Crippen LogP) is 2.92. The topological polar surface area (TPSA) is 33.3 Å². The van der Waals surface area contributed by atoms with Gasteiger partial charge < -0.3 is 15.4 Å². The average molecular weight is 258 g/mol. The van der Waals surface area contributed by atoms with Crippen molar-refractivity contribution in [3.63, 3.8) is 0 Å². The van der Waals surface area contributed by atoms with Crippen molar-refractivity contribution in [2.45, 2.75) is 19.4 Å². The molecule has 3 nitrogen and oxygen atoms in total. The van der Waals surface area contributed by atoms with Crippen LogP contribution < -0.4 is 15.4 Å². The van der Waals surface area contributed by atoms with Crippen LogP contribution in [0.25, 0.3) is 0 Å². The van der Waals surface area contributed by atoms with Crippen molar-refractivity contribution in [2.24, 2.45) is 0 Å². The highest BCUT2D eigenvalue weighted by atomic mass is 32.1. The Kier molecular flexibility index (Phi) is 2.69. The van der Waals surface area contributed by atoms with Crippen LogP contribution in [0.4, 0.5) is 20.2 Å². The van der Waals surface area contributed by atoms with E-state index in [2.05, 4.69) is 10.6 Å². The molecule has 6 heteroatoms. The summed E-state index contributed by atoms with van der Waals surface area (Å²) in [7, 11) is 1.39. The van der Waals surface area contributed by atoms with Gasteiger partial charge in [-0.15, -0.1) is 0 Å². The maximum absolute atomic E-state index is 13.7. The van der Waals surface area contributed by atoms with E-state index in [0.717, 1.165) is 6.07 Å². The molecule has 0 unspecified atom stereocenters. The number of nitrogens with one attached hydrogen (secondary N) is 2. The van der Waals surface area contributed by atoms with E-state index in [4.69, 9.17) is 17.0 Å². The first-order chi connectivity index (χ1) is 7.86. The van der Waals surface area contributed by atoms with Gasteiger partial charge in [-0.25, -0.2) is 8.78 Å². The lowest BCUT2D eigenvalue weighted by Crippen LogP contribution is -2.47. The molecule has 0 radical (unpaired) electrons. The van der Waals surface area contributed by atoms with Crippen molar-refractivity contribution in [2.75, 3.05) is 17.7 Å². The Morgan fingerprint density at radius 2 is 1.94 bits per heavy atom.